The molecule has 4 nitrogen and oxygen atoms in total. The van der Waals surface area contributed by atoms with E-state index in [0.717, 1.165) is 44.0 Å². The van der Waals surface area contributed by atoms with Gasteiger partial charge in [-0.25, -0.2) is 4.39 Å². The third kappa shape index (κ3) is 4.90. The molecule has 0 amide bonds. The van der Waals surface area contributed by atoms with Crippen LogP contribution < -0.4 is 10.2 Å². The molecule has 2 rings (SSSR count). The quantitative estimate of drug-likeness (QED) is 0.808. The molecule has 1 aliphatic heterocycles. The Labute approximate surface area is 139 Å². The van der Waals surface area contributed by atoms with Gasteiger partial charge >= 0.3 is 0 Å². The van der Waals surface area contributed by atoms with Crippen molar-refractivity contribution in [2.45, 2.75) is 39.3 Å². The van der Waals surface area contributed by atoms with Crippen LogP contribution in [0.1, 0.15) is 38.8 Å². The number of benzene rings is 1. The minimum Gasteiger partial charge on any atom is -0.392 e. The second kappa shape index (κ2) is 8.62. The molecule has 23 heavy (non-hydrogen) atoms. The van der Waals surface area contributed by atoms with Crippen molar-refractivity contribution < 1.29 is 9.50 Å². The molecule has 0 radical (unpaired) electrons. The summed E-state index contributed by atoms with van der Waals surface area (Å²) in [6.45, 7) is 11.8. The van der Waals surface area contributed by atoms with E-state index in [4.69, 9.17) is 0 Å². The van der Waals surface area contributed by atoms with E-state index in [9.17, 15) is 9.50 Å². The number of halogens is 1. The zero-order valence-electron chi connectivity index (χ0n) is 14.6. The van der Waals surface area contributed by atoms with E-state index in [1.807, 2.05) is 19.9 Å². The molecule has 0 saturated carbocycles. The van der Waals surface area contributed by atoms with Crippen LogP contribution in [0.25, 0.3) is 0 Å². The Bertz CT molecular complexity index is 489. The van der Waals surface area contributed by atoms with Crippen LogP contribution in [0.2, 0.25) is 0 Å². The number of rotatable bonds is 7. The number of piperazine rings is 1. The molecule has 5 heteroatoms. The molecule has 1 aromatic carbocycles. The lowest BCUT2D eigenvalue weighted by atomic mass is 10.0. The van der Waals surface area contributed by atoms with Gasteiger partial charge in [0.2, 0.25) is 0 Å². The third-order valence-electron chi connectivity index (χ3n) is 4.75. The second-order valence-corrected chi connectivity index (χ2v) is 6.32. The Hall–Kier alpha value is -1.17. The van der Waals surface area contributed by atoms with Crippen LogP contribution in [-0.2, 0) is 0 Å². The molecule has 1 aliphatic rings. The van der Waals surface area contributed by atoms with E-state index in [0.29, 0.717) is 13.0 Å². The highest BCUT2D eigenvalue weighted by Gasteiger charge is 2.21. The molecule has 0 aromatic heterocycles. The molecular formula is C18H30FN3O. The Morgan fingerprint density at radius 2 is 1.91 bits per heavy atom. The third-order valence-corrected chi connectivity index (χ3v) is 4.75. The maximum atomic E-state index is 13.8. The maximum absolute atomic E-state index is 13.8. The van der Waals surface area contributed by atoms with E-state index in [2.05, 4.69) is 22.0 Å². The zero-order valence-corrected chi connectivity index (χ0v) is 14.6. The first-order valence-electron chi connectivity index (χ1n) is 8.73. The average molecular weight is 323 g/mol. The summed E-state index contributed by atoms with van der Waals surface area (Å²) < 4.78 is 13.8. The Kier molecular flexibility index (Phi) is 6.81. The minimum absolute atomic E-state index is 0.00565. The monoisotopic (exact) mass is 323 g/mol. The van der Waals surface area contributed by atoms with E-state index in [-0.39, 0.29) is 18.0 Å². The van der Waals surface area contributed by atoms with Gasteiger partial charge in [0.1, 0.15) is 5.82 Å². The van der Waals surface area contributed by atoms with Crippen LogP contribution in [0.15, 0.2) is 18.2 Å². The number of nitrogens with zero attached hydrogens (tertiary/aromatic N) is 2. The molecule has 130 valence electrons. The van der Waals surface area contributed by atoms with Crippen molar-refractivity contribution in [1.29, 1.82) is 0 Å². The zero-order chi connectivity index (χ0) is 16.8. The topological polar surface area (TPSA) is 38.7 Å². The van der Waals surface area contributed by atoms with Gasteiger partial charge in [-0.1, -0.05) is 13.8 Å². The van der Waals surface area contributed by atoms with E-state index >= 15 is 0 Å². The predicted octanol–water partition coefficient (Wildman–Crippen LogP) is 2.39. The van der Waals surface area contributed by atoms with Gasteiger partial charge < -0.3 is 20.2 Å². The summed E-state index contributed by atoms with van der Waals surface area (Å²) in [5.41, 5.74) is 2.08. The van der Waals surface area contributed by atoms with Crippen molar-refractivity contribution in [1.82, 2.24) is 10.2 Å². The highest BCUT2D eigenvalue weighted by Crippen LogP contribution is 2.28. The van der Waals surface area contributed by atoms with Crippen molar-refractivity contribution in [3.05, 3.63) is 29.6 Å². The first-order valence-corrected chi connectivity index (χ1v) is 8.73. The number of nitrogens with one attached hydrogen (secondary N) is 1. The van der Waals surface area contributed by atoms with E-state index in [1.165, 1.54) is 0 Å². The number of aliphatic hydroxyl groups excluding tert-OH is 1. The Balaban J connectivity index is 2.10. The molecular weight excluding hydrogens is 293 g/mol. The summed E-state index contributed by atoms with van der Waals surface area (Å²) in [6, 6.07) is 5.06. The maximum Gasteiger partial charge on any atom is 0.123 e. The molecule has 1 aromatic rings. The van der Waals surface area contributed by atoms with Gasteiger partial charge in [0.05, 0.1) is 6.10 Å². The molecule has 1 unspecified atom stereocenters. The van der Waals surface area contributed by atoms with E-state index in [1.54, 1.807) is 12.1 Å². The average Bonchev–Trinajstić information content (AvgIpc) is 2.59. The van der Waals surface area contributed by atoms with E-state index < -0.39 is 0 Å². The predicted molar refractivity (Wildman–Crippen MR) is 93.4 cm³/mol. The normalized spacial score (nSPS) is 18.9. The Morgan fingerprint density at radius 1 is 1.22 bits per heavy atom. The van der Waals surface area contributed by atoms with Gasteiger partial charge in [0.15, 0.2) is 0 Å². The summed E-state index contributed by atoms with van der Waals surface area (Å²) >= 11 is 0. The highest BCUT2D eigenvalue weighted by atomic mass is 19.1. The molecule has 1 saturated heterocycles. The lowest BCUT2D eigenvalue weighted by molar-refractivity contribution is 0.163. The SMILES string of the molecule is CC[C@@H](O)CNC(C)c1cc(F)ccc1N1CCN(CC)CC1. The lowest BCUT2D eigenvalue weighted by Crippen LogP contribution is -2.46. The van der Waals surface area contributed by atoms with Crippen molar-refractivity contribution in [3.63, 3.8) is 0 Å². The van der Waals surface area contributed by atoms with Crippen LogP contribution in [0, 0.1) is 5.82 Å². The largest absolute Gasteiger partial charge is 0.392 e. The Morgan fingerprint density at radius 3 is 2.52 bits per heavy atom. The van der Waals surface area contributed by atoms with Gasteiger partial charge in [-0.2, -0.15) is 0 Å². The van der Waals surface area contributed by atoms with Gasteiger partial charge in [-0.05, 0) is 43.7 Å². The van der Waals surface area contributed by atoms with Crippen LogP contribution in [0.3, 0.4) is 0 Å². The number of hydrogen-bond acceptors (Lipinski definition) is 4. The summed E-state index contributed by atoms with van der Waals surface area (Å²) in [5.74, 6) is -0.208. The molecule has 1 heterocycles. The van der Waals surface area contributed by atoms with Gasteiger partial charge in [-0.15, -0.1) is 0 Å². The van der Waals surface area contributed by atoms with Crippen LogP contribution in [-0.4, -0.2) is 55.4 Å². The number of likely N-dealkylation sites (N-methyl/N-ethyl adjacent to an activating group) is 1. The lowest BCUT2D eigenvalue weighted by Gasteiger charge is -2.37. The fourth-order valence-electron chi connectivity index (χ4n) is 3.03. The van der Waals surface area contributed by atoms with Crippen molar-refractivity contribution in [3.8, 4) is 0 Å². The van der Waals surface area contributed by atoms with Gasteiger partial charge in [-0.3, -0.25) is 0 Å². The number of anilines is 1. The fourth-order valence-corrected chi connectivity index (χ4v) is 3.03. The second-order valence-electron chi connectivity index (χ2n) is 6.32. The fraction of sp³-hybridized carbons (Fsp3) is 0.667. The van der Waals surface area contributed by atoms with Crippen LogP contribution in [0.5, 0.6) is 0 Å². The number of hydrogen-bond donors (Lipinski definition) is 2. The number of aliphatic hydroxyl groups is 1. The molecule has 1 fully saturated rings. The molecule has 0 aliphatic carbocycles. The molecule has 2 N–H and O–H groups in total. The minimum atomic E-state index is -0.359. The van der Waals surface area contributed by atoms with Crippen LogP contribution in [0.4, 0.5) is 10.1 Å². The molecule has 0 bridgehead atoms. The summed E-state index contributed by atoms with van der Waals surface area (Å²) in [4.78, 5) is 4.77. The standard InChI is InChI=1S/C18H30FN3O/c1-4-16(23)13-20-14(3)17-12-15(19)6-7-18(17)22-10-8-21(5-2)9-11-22/h6-7,12,14,16,20,23H,4-5,8-11,13H2,1-3H3/t14?,16-/m1/s1. The first kappa shape index (κ1) is 18.2. The first-order chi connectivity index (χ1) is 11.0. The van der Waals surface area contributed by atoms with Crippen molar-refractivity contribution in [2.24, 2.45) is 0 Å². The summed E-state index contributed by atoms with van der Waals surface area (Å²) in [7, 11) is 0. The smallest absolute Gasteiger partial charge is 0.123 e. The molecule has 0 spiro atoms. The van der Waals surface area contributed by atoms with Crippen LogP contribution >= 0.6 is 0 Å². The van der Waals surface area contributed by atoms with Crippen molar-refractivity contribution >= 4 is 5.69 Å². The summed E-state index contributed by atoms with van der Waals surface area (Å²) in [5, 5.41) is 13.1. The highest BCUT2D eigenvalue weighted by molar-refractivity contribution is 5.55. The molecule has 2 atom stereocenters. The van der Waals surface area contributed by atoms with Gasteiger partial charge in [0, 0.05) is 44.5 Å². The van der Waals surface area contributed by atoms with Crippen molar-refractivity contribution in [2.75, 3.05) is 44.2 Å². The van der Waals surface area contributed by atoms with Gasteiger partial charge in [0.25, 0.3) is 0 Å². The summed E-state index contributed by atoms with van der Waals surface area (Å²) in [6.07, 6.45) is 0.358.